The molecule has 0 saturated carbocycles. The second-order valence-electron chi connectivity index (χ2n) is 6.29. The van der Waals surface area contributed by atoms with Crippen molar-refractivity contribution in [3.8, 4) is 11.1 Å². The van der Waals surface area contributed by atoms with E-state index in [0.29, 0.717) is 25.2 Å². The van der Waals surface area contributed by atoms with E-state index in [9.17, 15) is 9.59 Å². The van der Waals surface area contributed by atoms with Crippen LogP contribution in [0.15, 0.2) is 48.5 Å². The molecule has 0 unspecified atom stereocenters. The fraction of sp³-hybridized carbons (Fsp3) is 0.250. The monoisotopic (exact) mass is 366 g/mol. The van der Waals surface area contributed by atoms with Crippen molar-refractivity contribution in [2.24, 2.45) is 5.73 Å². The van der Waals surface area contributed by atoms with Gasteiger partial charge in [-0.25, -0.2) is 4.79 Å². The van der Waals surface area contributed by atoms with E-state index in [1.807, 2.05) is 48.5 Å². The van der Waals surface area contributed by atoms with Gasteiger partial charge in [-0.15, -0.1) is 0 Å². The van der Waals surface area contributed by atoms with Crippen LogP contribution in [0.3, 0.4) is 0 Å². The van der Waals surface area contributed by atoms with Crippen molar-refractivity contribution in [3.63, 3.8) is 0 Å². The summed E-state index contributed by atoms with van der Waals surface area (Å²) in [5.41, 5.74) is 9.02. The number of nitrogens with zero attached hydrogens (tertiary/aromatic N) is 2. The first-order valence-corrected chi connectivity index (χ1v) is 8.68. The molecule has 0 spiro atoms. The molecule has 0 atom stereocenters. The number of amidine groups is 1. The molecule has 1 fully saturated rings. The van der Waals surface area contributed by atoms with Gasteiger partial charge in [-0.05, 0) is 23.3 Å². The molecule has 0 radical (unpaired) electrons. The van der Waals surface area contributed by atoms with Crippen LogP contribution in [0.4, 0.5) is 10.5 Å². The lowest BCUT2D eigenvalue weighted by molar-refractivity contribution is -0.140. The minimum atomic E-state index is -0.318. The van der Waals surface area contributed by atoms with Gasteiger partial charge in [0, 0.05) is 30.9 Å². The van der Waals surface area contributed by atoms with Crippen LogP contribution < -0.4 is 10.6 Å². The maximum Gasteiger partial charge on any atom is 0.324 e. The summed E-state index contributed by atoms with van der Waals surface area (Å²) in [7, 11) is 1.34. The van der Waals surface area contributed by atoms with Gasteiger partial charge in [0.2, 0.25) is 0 Å². The molecule has 1 saturated heterocycles. The SMILES string of the molecule is COC(=O)CCN1CCN(c2ccc(-c3ccc(C(=N)N)cc3)cc2)C1=O. The molecule has 7 heteroatoms. The Bertz CT molecular complexity index is 847. The predicted molar refractivity (Wildman–Crippen MR) is 104 cm³/mol. The van der Waals surface area contributed by atoms with Crippen LogP contribution >= 0.6 is 0 Å². The van der Waals surface area contributed by atoms with Gasteiger partial charge in [0.25, 0.3) is 0 Å². The maximum atomic E-state index is 12.5. The molecular weight excluding hydrogens is 344 g/mol. The Morgan fingerprint density at radius 3 is 2.22 bits per heavy atom. The van der Waals surface area contributed by atoms with Gasteiger partial charge in [0.15, 0.2) is 0 Å². The van der Waals surface area contributed by atoms with Crippen LogP contribution in [-0.2, 0) is 9.53 Å². The molecule has 27 heavy (non-hydrogen) atoms. The number of methoxy groups -OCH3 is 1. The number of hydrogen-bond acceptors (Lipinski definition) is 4. The van der Waals surface area contributed by atoms with Crippen molar-refractivity contribution >= 4 is 23.5 Å². The van der Waals surface area contributed by atoms with Gasteiger partial charge in [-0.3, -0.25) is 15.1 Å². The Balaban J connectivity index is 1.67. The standard InChI is InChI=1S/C20H22N4O3/c1-27-18(25)10-11-23-12-13-24(20(23)26)17-8-6-15(7-9-17)14-2-4-16(5-3-14)19(21)22/h2-9H,10-13H2,1H3,(H3,21,22). The number of rotatable bonds is 6. The second-order valence-corrected chi connectivity index (χ2v) is 6.29. The predicted octanol–water partition coefficient (Wildman–Crippen LogP) is 2.44. The van der Waals surface area contributed by atoms with Crippen molar-refractivity contribution in [2.45, 2.75) is 6.42 Å². The molecule has 0 aromatic heterocycles. The molecule has 140 valence electrons. The molecule has 3 N–H and O–H groups in total. The third-order valence-electron chi connectivity index (χ3n) is 4.62. The van der Waals surface area contributed by atoms with Crippen molar-refractivity contribution in [3.05, 3.63) is 54.1 Å². The first-order valence-electron chi connectivity index (χ1n) is 8.68. The van der Waals surface area contributed by atoms with E-state index in [0.717, 1.165) is 16.8 Å². The maximum absolute atomic E-state index is 12.5. The molecule has 0 aliphatic carbocycles. The molecular formula is C20H22N4O3. The first kappa shape index (κ1) is 18.4. The van der Waals surface area contributed by atoms with Crippen molar-refractivity contribution in [1.82, 2.24) is 4.90 Å². The number of carbonyl (C=O) groups is 2. The highest BCUT2D eigenvalue weighted by Gasteiger charge is 2.29. The van der Waals surface area contributed by atoms with Crippen LogP contribution in [0.5, 0.6) is 0 Å². The molecule has 0 bridgehead atoms. The third kappa shape index (κ3) is 4.08. The Morgan fingerprint density at radius 2 is 1.67 bits per heavy atom. The highest BCUT2D eigenvalue weighted by atomic mass is 16.5. The number of anilines is 1. The summed E-state index contributed by atoms with van der Waals surface area (Å²) in [6.45, 7) is 1.54. The summed E-state index contributed by atoms with van der Waals surface area (Å²) in [5.74, 6) is -0.275. The van der Waals surface area contributed by atoms with Gasteiger partial charge in [-0.2, -0.15) is 0 Å². The average molecular weight is 366 g/mol. The number of esters is 1. The molecule has 2 aromatic rings. The van der Waals surface area contributed by atoms with Crippen molar-refractivity contribution < 1.29 is 14.3 Å². The second kappa shape index (κ2) is 7.90. The smallest absolute Gasteiger partial charge is 0.324 e. The number of benzene rings is 2. The summed E-state index contributed by atoms with van der Waals surface area (Å²) in [5, 5.41) is 7.44. The molecule has 1 aliphatic heterocycles. The molecule has 1 aliphatic rings. The summed E-state index contributed by atoms with van der Waals surface area (Å²) in [6, 6.07) is 15.1. The normalized spacial score (nSPS) is 13.7. The Labute approximate surface area is 157 Å². The summed E-state index contributed by atoms with van der Waals surface area (Å²) in [4.78, 5) is 27.2. The van der Waals surface area contributed by atoms with E-state index in [-0.39, 0.29) is 24.3 Å². The quantitative estimate of drug-likeness (QED) is 0.466. The van der Waals surface area contributed by atoms with Crippen molar-refractivity contribution in [1.29, 1.82) is 5.41 Å². The number of ether oxygens (including phenoxy) is 1. The lowest BCUT2D eigenvalue weighted by Gasteiger charge is -2.18. The Kier molecular flexibility index (Phi) is 5.40. The van der Waals surface area contributed by atoms with Crippen molar-refractivity contribution in [2.75, 3.05) is 31.6 Å². The minimum absolute atomic E-state index is 0.0428. The van der Waals surface area contributed by atoms with E-state index < -0.39 is 0 Å². The number of urea groups is 1. The Hall–Kier alpha value is -3.35. The molecule has 3 rings (SSSR count). The number of carbonyl (C=O) groups excluding carboxylic acids is 2. The number of amides is 2. The first-order chi connectivity index (χ1) is 13.0. The fourth-order valence-electron chi connectivity index (χ4n) is 3.03. The van der Waals surface area contributed by atoms with Crippen LogP contribution in [0.25, 0.3) is 11.1 Å². The zero-order valence-electron chi connectivity index (χ0n) is 15.1. The van der Waals surface area contributed by atoms with E-state index in [1.165, 1.54) is 7.11 Å². The van der Waals surface area contributed by atoms with E-state index >= 15 is 0 Å². The zero-order valence-corrected chi connectivity index (χ0v) is 15.1. The average Bonchev–Trinajstić information content (AvgIpc) is 3.06. The van der Waals surface area contributed by atoms with Gasteiger partial charge in [0.1, 0.15) is 5.84 Å². The molecule has 1 heterocycles. The molecule has 7 nitrogen and oxygen atoms in total. The molecule has 2 amide bonds. The summed E-state index contributed by atoms with van der Waals surface area (Å²) in [6.07, 6.45) is 0.200. The largest absolute Gasteiger partial charge is 0.469 e. The van der Waals surface area contributed by atoms with Crippen LogP contribution in [0.1, 0.15) is 12.0 Å². The third-order valence-corrected chi connectivity index (χ3v) is 4.62. The van der Waals surface area contributed by atoms with E-state index in [4.69, 9.17) is 11.1 Å². The number of nitrogen functional groups attached to an aromatic ring is 1. The number of hydrogen-bond donors (Lipinski definition) is 2. The van der Waals surface area contributed by atoms with E-state index in [2.05, 4.69) is 4.74 Å². The van der Waals surface area contributed by atoms with Crippen LogP contribution in [0.2, 0.25) is 0 Å². The van der Waals surface area contributed by atoms with Gasteiger partial charge in [-0.1, -0.05) is 36.4 Å². The van der Waals surface area contributed by atoms with Crippen LogP contribution in [0, 0.1) is 5.41 Å². The van der Waals surface area contributed by atoms with E-state index in [1.54, 1.807) is 9.80 Å². The zero-order chi connectivity index (χ0) is 19.4. The summed E-state index contributed by atoms with van der Waals surface area (Å²) >= 11 is 0. The lowest BCUT2D eigenvalue weighted by Crippen LogP contribution is -2.33. The lowest BCUT2D eigenvalue weighted by atomic mass is 10.0. The van der Waals surface area contributed by atoms with Gasteiger partial charge >= 0.3 is 12.0 Å². The number of nitrogens with one attached hydrogen (secondary N) is 1. The summed E-state index contributed by atoms with van der Waals surface area (Å²) < 4.78 is 4.62. The number of nitrogens with two attached hydrogens (primary N) is 1. The highest BCUT2D eigenvalue weighted by molar-refractivity contribution is 5.96. The van der Waals surface area contributed by atoms with Crippen LogP contribution in [-0.4, -0.2) is 49.5 Å². The van der Waals surface area contributed by atoms with Gasteiger partial charge < -0.3 is 15.4 Å². The molecule has 2 aromatic carbocycles. The topological polar surface area (TPSA) is 99.7 Å². The fourth-order valence-corrected chi connectivity index (χ4v) is 3.03. The Morgan fingerprint density at radius 1 is 1.07 bits per heavy atom. The minimum Gasteiger partial charge on any atom is -0.469 e. The van der Waals surface area contributed by atoms with Gasteiger partial charge in [0.05, 0.1) is 13.5 Å². The highest BCUT2D eigenvalue weighted by Crippen LogP contribution is 2.26.